The van der Waals surface area contributed by atoms with Crippen molar-refractivity contribution in [3.8, 4) is 0 Å². The molecule has 1 N–H and O–H groups in total. The number of hydrogen-bond acceptors (Lipinski definition) is 4. The van der Waals surface area contributed by atoms with Gasteiger partial charge in [0.2, 0.25) is 0 Å². The molecule has 134 valence electrons. The lowest BCUT2D eigenvalue weighted by atomic mass is 10.1. The number of amides is 2. The van der Waals surface area contributed by atoms with Crippen LogP contribution in [0.5, 0.6) is 0 Å². The summed E-state index contributed by atoms with van der Waals surface area (Å²) in [6.45, 7) is 8.59. The highest BCUT2D eigenvalue weighted by Crippen LogP contribution is 2.26. The second kappa shape index (κ2) is 7.70. The summed E-state index contributed by atoms with van der Waals surface area (Å²) in [6, 6.07) is 12.7. The van der Waals surface area contributed by atoms with Crippen LogP contribution in [-0.4, -0.2) is 46.7 Å². The molecule has 1 aromatic carbocycles. The van der Waals surface area contributed by atoms with Crippen molar-refractivity contribution in [2.75, 3.05) is 25.0 Å². The van der Waals surface area contributed by atoms with E-state index < -0.39 is 0 Å². The molecule has 3 rings (SSSR count). The number of carbonyl (C=O) groups is 1. The highest BCUT2D eigenvalue weighted by molar-refractivity contribution is 5.88. The molecular formula is C19H26N4O2. The molecule has 1 fully saturated rings. The van der Waals surface area contributed by atoms with Gasteiger partial charge in [-0.05, 0) is 32.8 Å². The third kappa shape index (κ3) is 4.02. The summed E-state index contributed by atoms with van der Waals surface area (Å²) < 4.78 is 5.01. The predicted octanol–water partition coefficient (Wildman–Crippen LogP) is 3.67. The number of urea groups is 1. The Kier molecular flexibility index (Phi) is 5.38. The molecule has 0 saturated carbocycles. The van der Waals surface area contributed by atoms with Crippen LogP contribution in [0.1, 0.15) is 37.6 Å². The van der Waals surface area contributed by atoms with E-state index in [1.165, 1.54) is 5.56 Å². The van der Waals surface area contributed by atoms with E-state index in [4.69, 9.17) is 4.52 Å². The van der Waals surface area contributed by atoms with E-state index in [1.807, 2.05) is 17.9 Å². The smallest absolute Gasteiger partial charge is 0.323 e. The quantitative estimate of drug-likeness (QED) is 0.900. The topological polar surface area (TPSA) is 61.6 Å². The largest absolute Gasteiger partial charge is 0.360 e. The van der Waals surface area contributed by atoms with Crippen molar-refractivity contribution in [3.63, 3.8) is 0 Å². The van der Waals surface area contributed by atoms with Gasteiger partial charge in [-0.2, -0.15) is 0 Å². The van der Waals surface area contributed by atoms with Crippen molar-refractivity contribution in [2.24, 2.45) is 0 Å². The van der Waals surface area contributed by atoms with Crippen LogP contribution in [-0.2, 0) is 0 Å². The van der Waals surface area contributed by atoms with Gasteiger partial charge in [-0.1, -0.05) is 35.5 Å². The molecule has 1 aliphatic rings. The maximum Gasteiger partial charge on any atom is 0.323 e. The van der Waals surface area contributed by atoms with E-state index in [0.717, 1.165) is 19.5 Å². The third-order valence-electron chi connectivity index (χ3n) is 4.93. The molecule has 0 radical (unpaired) electrons. The van der Waals surface area contributed by atoms with Crippen LogP contribution in [0.15, 0.2) is 40.9 Å². The number of nitrogens with one attached hydrogen (secondary N) is 1. The van der Waals surface area contributed by atoms with Gasteiger partial charge in [0.25, 0.3) is 0 Å². The van der Waals surface area contributed by atoms with Gasteiger partial charge in [0.05, 0.1) is 0 Å². The summed E-state index contributed by atoms with van der Waals surface area (Å²) in [4.78, 5) is 16.9. The monoisotopic (exact) mass is 342 g/mol. The zero-order chi connectivity index (χ0) is 17.8. The average molecular weight is 342 g/mol. The molecule has 2 atom stereocenters. The first-order chi connectivity index (χ1) is 12.1. The lowest BCUT2D eigenvalue weighted by Crippen LogP contribution is -2.44. The number of aromatic nitrogens is 1. The van der Waals surface area contributed by atoms with E-state index in [9.17, 15) is 4.79 Å². The van der Waals surface area contributed by atoms with E-state index in [0.29, 0.717) is 24.2 Å². The summed E-state index contributed by atoms with van der Waals surface area (Å²) in [7, 11) is 0. The van der Waals surface area contributed by atoms with Gasteiger partial charge in [0, 0.05) is 37.8 Å². The van der Waals surface area contributed by atoms with Gasteiger partial charge < -0.3 is 9.42 Å². The Labute approximate surface area is 148 Å². The molecule has 2 unspecified atom stereocenters. The molecule has 1 saturated heterocycles. The van der Waals surface area contributed by atoms with Gasteiger partial charge in [-0.25, -0.2) is 4.79 Å². The number of nitrogens with zero attached hydrogens (tertiary/aromatic N) is 3. The summed E-state index contributed by atoms with van der Waals surface area (Å²) >= 11 is 0. The zero-order valence-corrected chi connectivity index (χ0v) is 15.1. The van der Waals surface area contributed by atoms with Crippen molar-refractivity contribution in [3.05, 3.63) is 47.7 Å². The maximum absolute atomic E-state index is 12.6. The number of anilines is 1. The predicted molar refractivity (Wildman–Crippen MR) is 97.5 cm³/mol. The molecule has 6 nitrogen and oxygen atoms in total. The zero-order valence-electron chi connectivity index (χ0n) is 15.1. The third-order valence-corrected chi connectivity index (χ3v) is 4.93. The van der Waals surface area contributed by atoms with Crippen LogP contribution in [0.3, 0.4) is 0 Å². The van der Waals surface area contributed by atoms with Crippen LogP contribution in [0.2, 0.25) is 0 Å². The Morgan fingerprint density at radius 3 is 2.84 bits per heavy atom. The van der Waals surface area contributed by atoms with Crippen molar-refractivity contribution in [1.29, 1.82) is 0 Å². The van der Waals surface area contributed by atoms with Gasteiger partial charge in [0.15, 0.2) is 5.82 Å². The molecule has 2 amide bonds. The first-order valence-corrected chi connectivity index (χ1v) is 8.88. The van der Waals surface area contributed by atoms with Gasteiger partial charge in [-0.15, -0.1) is 0 Å². The molecule has 0 aliphatic carbocycles. The lowest BCUT2D eigenvalue weighted by Gasteiger charge is -2.29. The summed E-state index contributed by atoms with van der Waals surface area (Å²) in [5.41, 5.74) is 1.31. The van der Waals surface area contributed by atoms with Crippen molar-refractivity contribution in [2.45, 2.75) is 39.3 Å². The highest BCUT2D eigenvalue weighted by atomic mass is 16.5. The number of rotatable bonds is 5. The van der Waals surface area contributed by atoms with E-state index >= 15 is 0 Å². The van der Waals surface area contributed by atoms with Crippen LogP contribution in [0.4, 0.5) is 10.6 Å². The molecule has 1 aromatic heterocycles. The van der Waals surface area contributed by atoms with Crippen LogP contribution in [0, 0.1) is 6.92 Å². The SMILES string of the molecule is CCN(C(=O)Nc1cc(C)on1)C1CCN(C(C)c2ccccc2)C1. The first-order valence-electron chi connectivity index (χ1n) is 8.88. The number of carbonyl (C=O) groups excluding carboxylic acids is 1. The number of benzene rings is 1. The number of likely N-dealkylation sites (N-methyl/N-ethyl adjacent to an activating group) is 1. The standard InChI is InChI=1S/C19H26N4O2/c1-4-23(19(24)20-18-12-14(2)25-21-18)17-10-11-22(13-17)15(3)16-8-6-5-7-9-16/h5-9,12,15,17H,4,10-11,13H2,1-3H3,(H,20,21,24). The highest BCUT2D eigenvalue weighted by Gasteiger charge is 2.32. The van der Waals surface area contributed by atoms with Gasteiger partial charge in [-0.3, -0.25) is 10.2 Å². The fourth-order valence-corrected chi connectivity index (χ4v) is 3.49. The summed E-state index contributed by atoms with van der Waals surface area (Å²) in [6.07, 6.45) is 0.982. The fraction of sp³-hybridized carbons (Fsp3) is 0.474. The molecule has 0 bridgehead atoms. The lowest BCUT2D eigenvalue weighted by molar-refractivity contribution is 0.183. The van der Waals surface area contributed by atoms with E-state index in [1.54, 1.807) is 13.0 Å². The number of likely N-dealkylation sites (tertiary alicyclic amines) is 1. The number of aryl methyl sites for hydroxylation is 1. The van der Waals surface area contributed by atoms with Crippen LogP contribution < -0.4 is 5.32 Å². The van der Waals surface area contributed by atoms with Crippen molar-refractivity contribution >= 4 is 11.8 Å². The minimum atomic E-state index is -0.116. The average Bonchev–Trinajstić information content (AvgIpc) is 3.25. The van der Waals surface area contributed by atoms with Gasteiger partial charge in [0.1, 0.15) is 5.76 Å². The fourth-order valence-electron chi connectivity index (χ4n) is 3.49. The normalized spacial score (nSPS) is 18.9. The second-order valence-electron chi connectivity index (χ2n) is 6.56. The Morgan fingerprint density at radius 2 is 2.20 bits per heavy atom. The van der Waals surface area contributed by atoms with E-state index in [2.05, 4.69) is 46.6 Å². The van der Waals surface area contributed by atoms with Crippen LogP contribution in [0.25, 0.3) is 0 Å². The Hall–Kier alpha value is -2.34. The molecular weight excluding hydrogens is 316 g/mol. The summed E-state index contributed by atoms with van der Waals surface area (Å²) in [5.74, 6) is 1.15. The van der Waals surface area contributed by atoms with E-state index in [-0.39, 0.29) is 12.1 Å². The number of hydrogen-bond donors (Lipinski definition) is 1. The molecule has 0 spiro atoms. The second-order valence-corrected chi connectivity index (χ2v) is 6.56. The van der Waals surface area contributed by atoms with Crippen molar-refractivity contribution in [1.82, 2.24) is 15.0 Å². The van der Waals surface area contributed by atoms with Crippen molar-refractivity contribution < 1.29 is 9.32 Å². The minimum absolute atomic E-state index is 0.116. The molecule has 2 heterocycles. The van der Waals surface area contributed by atoms with Gasteiger partial charge >= 0.3 is 6.03 Å². The Bertz CT molecular complexity index is 700. The maximum atomic E-state index is 12.6. The minimum Gasteiger partial charge on any atom is -0.360 e. The first kappa shape index (κ1) is 17.5. The Morgan fingerprint density at radius 1 is 1.44 bits per heavy atom. The molecule has 1 aliphatic heterocycles. The van der Waals surface area contributed by atoms with Crippen LogP contribution >= 0.6 is 0 Å². The summed E-state index contributed by atoms with van der Waals surface area (Å²) in [5, 5.41) is 6.67. The molecule has 2 aromatic rings. The molecule has 25 heavy (non-hydrogen) atoms. The Balaban J connectivity index is 1.61. The molecule has 6 heteroatoms.